The number of aromatic nitrogens is 1. The topological polar surface area (TPSA) is 68.0 Å². The molecule has 0 saturated carbocycles. The van der Waals surface area contributed by atoms with Gasteiger partial charge < -0.3 is 11.1 Å². The average molecular weight is 484 g/mol. The zero-order valence-corrected chi connectivity index (χ0v) is 20.3. The van der Waals surface area contributed by atoms with Crippen molar-refractivity contribution >= 4 is 50.4 Å². The molecule has 168 valence electrons. The number of hydrogen-bond acceptors (Lipinski definition) is 4. The van der Waals surface area contributed by atoms with Gasteiger partial charge in [0.15, 0.2) is 0 Å². The molecule has 4 nitrogen and oxygen atoms in total. The van der Waals surface area contributed by atoms with Crippen LogP contribution in [0.2, 0.25) is 5.02 Å². The van der Waals surface area contributed by atoms with Crippen molar-refractivity contribution in [2.24, 2.45) is 0 Å². The van der Waals surface area contributed by atoms with Gasteiger partial charge in [-0.2, -0.15) is 0 Å². The lowest BCUT2D eigenvalue weighted by atomic mass is 9.99. The van der Waals surface area contributed by atoms with Crippen LogP contribution in [0.3, 0.4) is 0 Å². The van der Waals surface area contributed by atoms with Gasteiger partial charge in [-0.3, -0.25) is 4.79 Å². The van der Waals surface area contributed by atoms with Crippen LogP contribution < -0.4 is 11.1 Å². The van der Waals surface area contributed by atoms with E-state index in [4.69, 9.17) is 22.3 Å². The van der Waals surface area contributed by atoms with Gasteiger partial charge in [-0.1, -0.05) is 60.1 Å². The minimum Gasteiger partial charge on any atom is -0.397 e. The van der Waals surface area contributed by atoms with E-state index in [0.29, 0.717) is 15.6 Å². The van der Waals surface area contributed by atoms with Crippen LogP contribution in [-0.4, -0.2) is 10.9 Å². The predicted octanol–water partition coefficient (Wildman–Crippen LogP) is 7.74. The van der Waals surface area contributed by atoms with Gasteiger partial charge in [-0.05, 0) is 66.4 Å². The molecule has 2 heterocycles. The normalized spacial score (nSPS) is 11.0. The first-order valence-electron chi connectivity index (χ1n) is 10.8. The minimum atomic E-state index is -0.242. The van der Waals surface area contributed by atoms with Crippen LogP contribution in [0.25, 0.3) is 32.6 Å². The SMILES string of the molecule is Cc1cc(C)cc(NC(=O)c2sc3nc(-c4ccccc4)cc(-c4ccc(Cl)cc4)c3c2N)c1. The Kier molecular flexibility index (Phi) is 5.82. The number of carbonyl (C=O) groups is 1. The number of hydrogen-bond donors (Lipinski definition) is 2. The zero-order valence-electron chi connectivity index (χ0n) is 18.7. The number of rotatable bonds is 4. The highest BCUT2D eigenvalue weighted by molar-refractivity contribution is 7.21. The molecule has 0 atom stereocenters. The Bertz CT molecular complexity index is 1510. The molecule has 0 fully saturated rings. The Balaban J connectivity index is 1.66. The zero-order chi connectivity index (χ0) is 23.8. The van der Waals surface area contributed by atoms with Crippen molar-refractivity contribution in [1.82, 2.24) is 4.98 Å². The van der Waals surface area contributed by atoms with Crippen molar-refractivity contribution in [3.05, 3.63) is 99.9 Å². The Labute approximate surface area is 207 Å². The van der Waals surface area contributed by atoms with Gasteiger partial charge in [0.05, 0.1) is 11.4 Å². The summed E-state index contributed by atoms with van der Waals surface area (Å²) < 4.78 is 0. The summed E-state index contributed by atoms with van der Waals surface area (Å²) in [6.45, 7) is 4.01. The average Bonchev–Trinajstić information content (AvgIpc) is 3.15. The lowest BCUT2D eigenvalue weighted by molar-refractivity contribution is 0.103. The summed E-state index contributed by atoms with van der Waals surface area (Å²) in [5.41, 5.74) is 13.6. The fraction of sp³-hybridized carbons (Fsp3) is 0.0714. The molecule has 5 aromatic rings. The van der Waals surface area contributed by atoms with E-state index in [2.05, 4.69) is 11.4 Å². The fourth-order valence-electron chi connectivity index (χ4n) is 4.14. The van der Waals surface area contributed by atoms with Crippen molar-refractivity contribution in [3.63, 3.8) is 0 Å². The molecule has 0 unspecified atom stereocenters. The molecule has 0 aliphatic carbocycles. The maximum Gasteiger partial charge on any atom is 0.267 e. The molecular formula is C28H22ClN3OS. The number of aryl methyl sites for hydroxylation is 2. The number of nitrogens with two attached hydrogens (primary N) is 1. The number of amides is 1. The molecular weight excluding hydrogens is 462 g/mol. The summed E-state index contributed by atoms with van der Waals surface area (Å²) in [5.74, 6) is -0.242. The summed E-state index contributed by atoms with van der Waals surface area (Å²) >= 11 is 7.44. The molecule has 0 bridgehead atoms. The standard InChI is InChI=1S/C28H22ClN3OS/c1-16-12-17(2)14-21(13-16)31-27(33)26-25(30)24-22(18-8-10-20(29)11-9-18)15-23(32-28(24)34-26)19-6-4-3-5-7-19/h3-15H,30H2,1-2H3,(H,31,33). The Morgan fingerprint density at radius 2 is 1.59 bits per heavy atom. The first-order valence-corrected chi connectivity index (χ1v) is 12.0. The number of fused-ring (bicyclic) bond motifs is 1. The summed E-state index contributed by atoms with van der Waals surface area (Å²) in [4.78, 5) is 19.3. The molecule has 5 rings (SSSR count). The number of carbonyl (C=O) groups excluding carboxylic acids is 1. The van der Waals surface area contributed by atoms with Crippen LogP contribution in [0.15, 0.2) is 78.9 Å². The van der Waals surface area contributed by atoms with Crippen molar-refractivity contribution in [2.75, 3.05) is 11.1 Å². The fourth-order valence-corrected chi connectivity index (χ4v) is 5.28. The van der Waals surface area contributed by atoms with E-state index < -0.39 is 0 Å². The smallest absolute Gasteiger partial charge is 0.267 e. The summed E-state index contributed by atoms with van der Waals surface area (Å²) in [5, 5.41) is 4.43. The van der Waals surface area contributed by atoms with E-state index in [-0.39, 0.29) is 5.91 Å². The van der Waals surface area contributed by atoms with Crippen molar-refractivity contribution < 1.29 is 4.79 Å². The van der Waals surface area contributed by atoms with Gasteiger partial charge in [-0.25, -0.2) is 4.98 Å². The van der Waals surface area contributed by atoms with Crippen LogP contribution in [0.1, 0.15) is 20.8 Å². The van der Waals surface area contributed by atoms with Crippen LogP contribution in [0.4, 0.5) is 11.4 Å². The van der Waals surface area contributed by atoms with Crippen LogP contribution in [0, 0.1) is 13.8 Å². The maximum absolute atomic E-state index is 13.2. The maximum atomic E-state index is 13.2. The minimum absolute atomic E-state index is 0.242. The van der Waals surface area contributed by atoms with Gasteiger partial charge >= 0.3 is 0 Å². The lowest BCUT2D eigenvalue weighted by Crippen LogP contribution is -2.12. The second kappa shape index (κ2) is 8.93. The summed E-state index contributed by atoms with van der Waals surface area (Å²) in [6, 6.07) is 25.6. The number of benzene rings is 3. The lowest BCUT2D eigenvalue weighted by Gasteiger charge is -2.09. The highest BCUT2D eigenvalue weighted by Crippen LogP contribution is 2.41. The number of nitrogens with one attached hydrogen (secondary N) is 1. The first kappa shape index (κ1) is 22.1. The Morgan fingerprint density at radius 3 is 2.26 bits per heavy atom. The Hall–Kier alpha value is -3.67. The highest BCUT2D eigenvalue weighted by atomic mass is 35.5. The number of nitrogen functional groups attached to an aromatic ring is 1. The van der Waals surface area contributed by atoms with E-state index in [1.165, 1.54) is 11.3 Å². The first-order chi connectivity index (χ1) is 16.4. The molecule has 1 amide bonds. The second-order valence-electron chi connectivity index (χ2n) is 8.28. The van der Waals surface area contributed by atoms with E-state index in [1.54, 1.807) is 0 Å². The predicted molar refractivity (Wildman–Crippen MR) is 144 cm³/mol. The van der Waals surface area contributed by atoms with Gasteiger partial charge in [0.2, 0.25) is 0 Å². The Morgan fingerprint density at radius 1 is 0.912 bits per heavy atom. The quantitative estimate of drug-likeness (QED) is 0.274. The van der Waals surface area contributed by atoms with E-state index in [9.17, 15) is 4.79 Å². The molecule has 34 heavy (non-hydrogen) atoms. The third-order valence-corrected chi connectivity index (χ3v) is 6.96. The highest BCUT2D eigenvalue weighted by Gasteiger charge is 2.22. The van der Waals surface area contributed by atoms with Gasteiger partial charge in [-0.15, -0.1) is 11.3 Å². The number of pyridine rings is 1. The van der Waals surface area contributed by atoms with Crippen LogP contribution in [0.5, 0.6) is 0 Å². The molecule has 0 aliphatic rings. The van der Waals surface area contributed by atoms with Crippen LogP contribution >= 0.6 is 22.9 Å². The van der Waals surface area contributed by atoms with Gasteiger partial charge in [0.25, 0.3) is 5.91 Å². The number of anilines is 2. The molecule has 2 aromatic heterocycles. The molecule has 3 aromatic carbocycles. The number of halogens is 1. The van der Waals surface area contributed by atoms with E-state index in [1.807, 2.05) is 86.6 Å². The van der Waals surface area contributed by atoms with Gasteiger partial charge in [0.1, 0.15) is 9.71 Å². The van der Waals surface area contributed by atoms with Crippen molar-refractivity contribution in [3.8, 4) is 22.4 Å². The molecule has 0 aliphatic heterocycles. The van der Waals surface area contributed by atoms with E-state index in [0.717, 1.165) is 49.4 Å². The molecule has 6 heteroatoms. The van der Waals surface area contributed by atoms with Gasteiger partial charge in [0, 0.05) is 21.7 Å². The summed E-state index contributed by atoms with van der Waals surface area (Å²) in [7, 11) is 0. The van der Waals surface area contributed by atoms with E-state index >= 15 is 0 Å². The molecule has 0 saturated heterocycles. The third-order valence-electron chi connectivity index (χ3n) is 5.61. The second-order valence-corrected chi connectivity index (χ2v) is 9.72. The van der Waals surface area contributed by atoms with Crippen molar-refractivity contribution in [1.29, 1.82) is 0 Å². The summed E-state index contributed by atoms with van der Waals surface area (Å²) in [6.07, 6.45) is 0. The third kappa shape index (κ3) is 4.28. The van der Waals surface area contributed by atoms with Crippen LogP contribution in [-0.2, 0) is 0 Å². The monoisotopic (exact) mass is 483 g/mol. The molecule has 0 radical (unpaired) electrons. The van der Waals surface area contributed by atoms with Crippen molar-refractivity contribution in [2.45, 2.75) is 13.8 Å². The molecule has 3 N–H and O–H groups in total. The number of thiophene rings is 1. The largest absolute Gasteiger partial charge is 0.397 e. The number of nitrogens with zero attached hydrogens (tertiary/aromatic N) is 1. The molecule has 0 spiro atoms.